The van der Waals surface area contributed by atoms with Gasteiger partial charge in [0.1, 0.15) is 0 Å². The first-order valence-corrected chi connectivity index (χ1v) is 6.89. The number of hydrogen-bond donors (Lipinski definition) is 0. The molecule has 0 saturated carbocycles. The second-order valence-electron chi connectivity index (χ2n) is 5.15. The summed E-state index contributed by atoms with van der Waals surface area (Å²) in [6, 6.07) is 9.76. The van der Waals surface area contributed by atoms with Crippen LogP contribution in [0.4, 0.5) is 0 Å². The van der Waals surface area contributed by atoms with Gasteiger partial charge in [-0.05, 0) is 45.3 Å². The van der Waals surface area contributed by atoms with Crippen LogP contribution in [0.25, 0.3) is 0 Å². The normalized spacial score (nSPS) is 19.2. The van der Waals surface area contributed by atoms with Crippen LogP contribution >= 0.6 is 0 Å². The molecule has 1 fully saturated rings. The minimum absolute atomic E-state index is 0.375. The van der Waals surface area contributed by atoms with Gasteiger partial charge in [0.05, 0.1) is 7.11 Å². The molecule has 1 aliphatic heterocycles. The standard InChI is InChI=1S/C14H21N.C2H4O2/c1-12-6-8-13(9-7-12)11-14-5-3-4-10-15(14)2;1-4-2-3/h6-9,14H,3-5,10-11H2,1-2H3;2H,1H3/t14-;/m0./s1. The fourth-order valence-electron chi connectivity index (χ4n) is 2.40. The van der Waals surface area contributed by atoms with Gasteiger partial charge in [0, 0.05) is 6.04 Å². The van der Waals surface area contributed by atoms with Crippen LogP contribution in [-0.2, 0) is 16.0 Å². The van der Waals surface area contributed by atoms with Crippen LogP contribution in [0.5, 0.6) is 0 Å². The Hall–Kier alpha value is -1.35. The number of methoxy groups -OCH3 is 1. The quantitative estimate of drug-likeness (QED) is 0.785. The number of rotatable bonds is 3. The Kier molecular flexibility index (Phi) is 7.19. The second-order valence-corrected chi connectivity index (χ2v) is 5.15. The van der Waals surface area contributed by atoms with E-state index in [2.05, 4.69) is 47.9 Å². The van der Waals surface area contributed by atoms with Crippen molar-refractivity contribution in [3.63, 3.8) is 0 Å². The summed E-state index contributed by atoms with van der Waals surface area (Å²) >= 11 is 0. The molecule has 0 aromatic heterocycles. The third-order valence-corrected chi connectivity index (χ3v) is 3.61. The Bertz CT molecular complexity index is 362. The molecule has 1 saturated heterocycles. The zero-order chi connectivity index (χ0) is 14.1. The summed E-state index contributed by atoms with van der Waals surface area (Å²) in [4.78, 5) is 11.5. The molecule has 2 rings (SSSR count). The Morgan fingerprint density at radius 1 is 1.32 bits per heavy atom. The molecule has 1 aliphatic rings. The minimum atomic E-state index is 0.375. The monoisotopic (exact) mass is 263 g/mol. The van der Waals surface area contributed by atoms with Gasteiger partial charge in [0.15, 0.2) is 0 Å². The molecule has 1 aromatic carbocycles. The van der Waals surface area contributed by atoms with Crippen molar-refractivity contribution in [2.45, 2.75) is 38.6 Å². The highest BCUT2D eigenvalue weighted by atomic mass is 16.5. The molecule has 3 heteroatoms. The van der Waals surface area contributed by atoms with Crippen molar-refractivity contribution < 1.29 is 9.53 Å². The largest absolute Gasteiger partial charge is 0.471 e. The molecular weight excluding hydrogens is 238 g/mol. The number of benzene rings is 1. The molecule has 19 heavy (non-hydrogen) atoms. The molecule has 0 amide bonds. The van der Waals surface area contributed by atoms with Crippen molar-refractivity contribution in [3.05, 3.63) is 35.4 Å². The molecular formula is C16H25NO2. The zero-order valence-electron chi connectivity index (χ0n) is 12.3. The fraction of sp³-hybridized carbons (Fsp3) is 0.562. The number of likely N-dealkylation sites (tertiary alicyclic amines) is 1. The first kappa shape index (κ1) is 15.7. The van der Waals surface area contributed by atoms with Gasteiger partial charge in [-0.1, -0.05) is 36.2 Å². The van der Waals surface area contributed by atoms with Crippen molar-refractivity contribution in [2.24, 2.45) is 0 Å². The first-order chi connectivity index (χ1) is 9.17. The smallest absolute Gasteiger partial charge is 0.292 e. The van der Waals surface area contributed by atoms with Crippen molar-refractivity contribution in [3.8, 4) is 0 Å². The van der Waals surface area contributed by atoms with Gasteiger partial charge in [-0.2, -0.15) is 0 Å². The molecule has 1 aromatic rings. The highest BCUT2D eigenvalue weighted by Gasteiger charge is 2.18. The van der Waals surface area contributed by atoms with Gasteiger partial charge < -0.3 is 9.64 Å². The van der Waals surface area contributed by atoms with Crippen molar-refractivity contribution in [1.82, 2.24) is 4.90 Å². The lowest BCUT2D eigenvalue weighted by molar-refractivity contribution is -0.126. The summed E-state index contributed by atoms with van der Waals surface area (Å²) in [7, 11) is 3.57. The topological polar surface area (TPSA) is 29.5 Å². The van der Waals surface area contributed by atoms with E-state index in [-0.39, 0.29) is 0 Å². The van der Waals surface area contributed by atoms with Gasteiger partial charge in [-0.15, -0.1) is 0 Å². The van der Waals surface area contributed by atoms with Gasteiger partial charge >= 0.3 is 0 Å². The molecule has 0 bridgehead atoms. The fourth-order valence-corrected chi connectivity index (χ4v) is 2.40. The summed E-state index contributed by atoms with van der Waals surface area (Å²) in [6.07, 6.45) is 5.36. The SMILES string of the molecule is COC=O.Cc1ccc(C[C@@H]2CCCCN2C)cc1. The summed E-state index contributed by atoms with van der Waals surface area (Å²) in [5, 5.41) is 0. The van der Waals surface area contributed by atoms with E-state index in [1.165, 1.54) is 50.5 Å². The van der Waals surface area contributed by atoms with Gasteiger partial charge in [0.25, 0.3) is 6.47 Å². The number of carbonyl (C=O) groups is 1. The lowest BCUT2D eigenvalue weighted by Crippen LogP contribution is -2.37. The predicted molar refractivity (Wildman–Crippen MR) is 78.2 cm³/mol. The molecule has 0 unspecified atom stereocenters. The maximum Gasteiger partial charge on any atom is 0.292 e. The Morgan fingerprint density at radius 2 is 1.95 bits per heavy atom. The van der Waals surface area contributed by atoms with Crippen LogP contribution in [-0.4, -0.2) is 38.1 Å². The van der Waals surface area contributed by atoms with Crippen LogP contribution in [0, 0.1) is 6.92 Å². The molecule has 0 aliphatic carbocycles. The van der Waals surface area contributed by atoms with Crippen LogP contribution in [0.1, 0.15) is 30.4 Å². The summed E-state index contributed by atoms with van der Waals surface area (Å²) in [6.45, 7) is 3.80. The van der Waals surface area contributed by atoms with E-state index < -0.39 is 0 Å². The van der Waals surface area contributed by atoms with Crippen molar-refractivity contribution >= 4 is 6.47 Å². The number of likely N-dealkylation sites (N-methyl/N-ethyl adjacent to an activating group) is 1. The van der Waals surface area contributed by atoms with E-state index in [1.54, 1.807) is 0 Å². The van der Waals surface area contributed by atoms with Crippen molar-refractivity contribution in [1.29, 1.82) is 0 Å². The highest BCUT2D eigenvalue weighted by Crippen LogP contribution is 2.19. The first-order valence-electron chi connectivity index (χ1n) is 6.89. The number of hydrogen-bond acceptors (Lipinski definition) is 3. The minimum Gasteiger partial charge on any atom is -0.471 e. The van der Waals surface area contributed by atoms with E-state index in [9.17, 15) is 0 Å². The number of nitrogens with zero attached hydrogens (tertiary/aromatic N) is 1. The lowest BCUT2D eigenvalue weighted by Gasteiger charge is -2.32. The van der Waals surface area contributed by atoms with Crippen molar-refractivity contribution in [2.75, 3.05) is 20.7 Å². The molecule has 106 valence electrons. The summed E-state index contributed by atoms with van der Waals surface area (Å²) in [5.41, 5.74) is 2.84. The third kappa shape index (κ3) is 5.88. The van der Waals surface area contributed by atoms with Crippen LogP contribution in [0.2, 0.25) is 0 Å². The maximum atomic E-state index is 8.95. The maximum absolute atomic E-state index is 8.95. The van der Waals surface area contributed by atoms with E-state index >= 15 is 0 Å². The molecule has 0 radical (unpaired) electrons. The van der Waals surface area contributed by atoms with Crippen LogP contribution in [0.3, 0.4) is 0 Å². The second kappa shape index (κ2) is 8.70. The lowest BCUT2D eigenvalue weighted by atomic mass is 9.96. The van der Waals surface area contributed by atoms with E-state index in [1.807, 2.05) is 0 Å². The highest BCUT2D eigenvalue weighted by molar-refractivity contribution is 5.36. The van der Waals surface area contributed by atoms with Crippen LogP contribution < -0.4 is 0 Å². The van der Waals surface area contributed by atoms with E-state index in [0.717, 1.165) is 6.04 Å². The average molecular weight is 263 g/mol. The van der Waals surface area contributed by atoms with E-state index in [0.29, 0.717) is 6.47 Å². The Morgan fingerprint density at radius 3 is 2.47 bits per heavy atom. The van der Waals surface area contributed by atoms with Gasteiger partial charge in [-0.25, -0.2) is 0 Å². The molecule has 0 N–H and O–H groups in total. The molecule has 0 spiro atoms. The molecule has 3 nitrogen and oxygen atoms in total. The summed E-state index contributed by atoms with van der Waals surface area (Å²) in [5.74, 6) is 0. The predicted octanol–water partition coefficient (Wildman–Crippen LogP) is 2.81. The average Bonchev–Trinajstić information content (AvgIpc) is 2.44. The van der Waals surface area contributed by atoms with Gasteiger partial charge in [-0.3, -0.25) is 4.79 Å². The molecule has 1 heterocycles. The zero-order valence-corrected chi connectivity index (χ0v) is 12.3. The number of piperidine rings is 1. The third-order valence-electron chi connectivity index (χ3n) is 3.61. The Labute approximate surface area is 116 Å². The number of carbonyl (C=O) groups excluding carboxylic acids is 1. The summed E-state index contributed by atoms with van der Waals surface area (Å²) < 4.78 is 3.86. The number of aryl methyl sites for hydroxylation is 1. The van der Waals surface area contributed by atoms with E-state index in [4.69, 9.17) is 4.79 Å². The van der Waals surface area contributed by atoms with Gasteiger partial charge in [0.2, 0.25) is 0 Å². The molecule has 1 atom stereocenters. The Balaban J connectivity index is 0.000000399. The van der Waals surface area contributed by atoms with Crippen LogP contribution in [0.15, 0.2) is 24.3 Å². The number of ether oxygens (including phenoxy) is 1.